The van der Waals surface area contributed by atoms with Crippen molar-refractivity contribution in [2.75, 3.05) is 45.8 Å². The van der Waals surface area contributed by atoms with E-state index >= 15 is 0 Å². The molecular formula is C20H29ClN4S. The molecule has 4 rings (SSSR count). The first-order valence-electron chi connectivity index (χ1n) is 9.36. The molecule has 1 aromatic carbocycles. The summed E-state index contributed by atoms with van der Waals surface area (Å²) in [6.07, 6.45) is 1.31. The molecule has 1 unspecified atom stereocenters. The smallest absolute Gasteiger partial charge is 0.123 e. The first-order valence-corrected chi connectivity index (χ1v) is 10.2. The number of piperazine rings is 1. The van der Waals surface area contributed by atoms with Gasteiger partial charge in [-0.25, -0.2) is 4.98 Å². The molecule has 26 heavy (non-hydrogen) atoms. The largest absolute Gasteiger partial charge is 0.316 e. The summed E-state index contributed by atoms with van der Waals surface area (Å²) in [6.45, 7) is 11.7. The van der Waals surface area contributed by atoms with Crippen LogP contribution in [0, 0.1) is 5.41 Å². The molecule has 4 nitrogen and oxygen atoms in total. The van der Waals surface area contributed by atoms with Gasteiger partial charge in [-0.05, 0) is 18.4 Å². The highest BCUT2D eigenvalue weighted by molar-refractivity contribution is 7.13. The fourth-order valence-electron chi connectivity index (χ4n) is 3.97. The van der Waals surface area contributed by atoms with Crippen LogP contribution in [0.15, 0.2) is 35.7 Å². The minimum atomic E-state index is 0. The van der Waals surface area contributed by atoms with Crippen molar-refractivity contribution in [1.29, 1.82) is 0 Å². The molecule has 0 spiro atoms. The zero-order chi connectivity index (χ0) is 17.1. The minimum absolute atomic E-state index is 0. The monoisotopic (exact) mass is 392 g/mol. The molecule has 1 aromatic heterocycles. The average molecular weight is 393 g/mol. The first-order chi connectivity index (χ1) is 12.2. The molecule has 0 radical (unpaired) electrons. The summed E-state index contributed by atoms with van der Waals surface area (Å²) >= 11 is 1.76. The lowest BCUT2D eigenvalue weighted by atomic mass is 9.89. The van der Waals surface area contributed by atoms with Crippen LogP contribution >= 0.6 is 23.7 Å². The Labute approximate surface area is 167 Å². The Balaban J connectivity index is 0.00000196. The maximum Gasteiger partial charge on any atom is 0.123 e. The third kappa shape index (κ3) is 4.84. The lowest BCUT2D eigenvalue weighted by Gasteiger charge is -2.38. The van der Waals surface area contributed by atoms with Gasteiger partial charge in [0.25, 0.3) is 0 Å². The van der Waals surface area contributed by atoms with Crippen LogP contribution in [0.25, 0.3) is 10.6 Å². The van der Waals surface area contributed by atoms with Crippen LogP contribution in [-0.4, -0.2) is 60.6 Å². The van der Waals surface area contributed by atoms with Gasteiger partial charge in [-0.15, -0.1) is 23.7 Å². The standard InChI is InChI=1S/C20H28N4S.ClH/c1-20(7-8-21-15-20)16-24-11-9-23(10-12-24)13-18-14-25-19(22-18)17-5-3-2-4-6-17;/h2-6,14,21H,7-13,15-16H2,1H3;1H. The summed E-state index contributed by atoms with van der Waals surface area (Å²) in [5, 5.41) is 6.87. The molecule has 0 saturated carbocycles. The normalized spacial score (nSPS) is 24.5. The van der Waals surface area contributed by atoms with E-state index in [9.17, 15) is 0 Å². The molecule has 0 aliphatic carbocycles. The second-order valence-corrected chi connectivity index (χ2v) is 8.66. The van der Waals surface area contributed by atoms with E-state index in [1.54, 1.807) is 11.3 Å². The SMILES string of the molecule is CC1(CN2CCN(Cc3csc(-c4ccccc4)n3)CC2)CCNC1.Cl. The number of benzene rings is 1. The molecule has 2 fully saturated rings. The van der Waals surface area contributed by atoms with Gasteiger partial charge in [-0.2, -0.15) is 0 Å². The second-order valence-electron chi connectivity index (χ2n) is 7.80. The van der Waals surface area contributed by atoms with Crippen molar-refractivity contribution < 1.29 is 0 Å². The molecule has 2 aromatic rings. The fraction of sp³-hybridized carbons (Fsp3) is 0.550. The van der Waals surface area contributed by atoms with Gasteiger partial charge >= 0.3 is 0 Å². The number of hydrogen-bond acceptors (Lipinski definition) is 5. The molecule has 0 amide bonds. The van der Waals surface area contributed by atoms with E-state index in [0.717, 1.165) is 24.6 Å². The summed E-state index contributed by atoms with van der Waals surface area (Å²) in [7, 11) is 0. The maximum atomic E-state index is 4.84. The molecule has 3 heterocycles. The van der Waals surface area contributed by atoms with Crippen molar-refractivity contribution in [1.82, 2.24) is 20.1 Å². The second kappa shape index (κ2) is 8.81. The molecule has 2 saturated heterocycles. The van der Waals surface area contributed by atoms with Gasteiger partial charge in [-0.3, -0.25) is 4.90 Å². The maximum absolute atomic E-state index is 4.84. The van der Waals surface area contributed by atoms with Crippen LogP contribution in [0.1, 0.15) is 19.0 Å². The third-order valence-electron chi connectivity index (χ3n) is 5.49. The number of nitrogens with zero attached hydrogens (tertiary/aromatic N) is 3. The Morgan fingerprint density at radius 3 is 2.54 bits per heavy atom. The van der Waals surface area contributed by atoms with Gasteiger partial charge < -0.3 is 10.2 Å². The molecule has 1 atom stereocenters. The van der Waals surface area contributed by atoms with Gasteiger partial charge in [-0.1, -0.05) is 37.3 Å². The number of rotatable bonds is 5. The molecular weight excluding hydrogens is 364 g/mol. The lowest BCUT2D eigenvalue weighted by Crippen LogP contribution is -2.49. The molecule has 2 aliphatic rings. The van der Waals surface area contributed by atoms with Crippen LogP contribution in [0.5, 0.6) is 0 Å². The van der Waals surface area contributed by atoms with Crippen LogP contribution < -0.4 is 5.32 Å². The van der Waals surface area contributed by atoms with Gasteiger partial charge in [0.05, 0.1) is 5.69 Å². The summed E-state index contributed by atoms with van der Waals surface area (Å²) in [6, 6.07) is 10.5. The molecule has 142 valence electrons. The molecule has 0 bridgehead atoms. The van der Waals surface area contributed by atoms with Crippen molar-refractivity contribution >= 4 is 23.7 Å². The van der Waals surface area contributed by atoms with Crippen LogP contribution in [0.2, 0.25) is 0 Å². The highest BCUT2D eigenvalue weighted by Crippen LogP contribution is 2.27. The number of thiazole rings is 1. The Kier molecular flexibility index (Phi) is 6.70. The van der Waals surface area contributed by atoms with E-state index in [2.05, 4.69) is 57.8 Å². The quantitative estimate of drug-likeness (QED) is 0.845. The zero-order valence-electron chi connectivity index (χ0n) is 15.5. The van der Waals surface area contributed by atoms with Crippen LogP contribution in [0.4, 0.5) is 0 Å². The van der Waals surface area contributed by atoms with Crippen molar-refractivity contribution in [3.8, 4) is 10.6 Å². The highest BCUT2D eigenvalue weighted by Gasteiger charge is 2.31. The van der Waals surface area contributed by atoms with Crippen molar-refractivity contribution in [3.63, 3.8) is 0 Å². The third-order valence-corrected chi connectivity index (χ3v) is 6.43. The van der Waals surface area contributed by atoms with E-state index in [0.29, 0.717) is 5.41 Å². The Morgan fingerprint density at radius 2 is 1.85 bits per heavy atom. The molecule has 6 heteroatoms. The van der Waals surface area contributed by atoms with Crippen LogP contribution in [0.3, 0.4) is 0 Å². The van der Waals surface area contributed by atoms with Gasteiger partial charge in [0.15, 0.2) is 0 Å². The number of halogens is 1. The Bertz CT molecular complexity index is 676. The summed E-state index contributed by atoms with van der Waals surface area (Å²) in [5.41, 5.74) is 2.91. The van der Waals surface area contributed by atoms with E-state index in [4.69, 9.17) is 4.98 Å². The van der Waals surface area contributed by atoms with E-state index < -0.39 is 0 Å². The fourth-order valence-corrected chi connectivity index (χ4v) is 4.79. The van der Waals surface area contributed by atoms with E-state index in [-0.39, 0.29) is 12.4 Å². The van der Waals surface area contributed by atoms with Gasteiger partial charge in [0, 0.05) is 56.8 Å². The van der Waals surface area contributed by atoms with Gasteiger partial charge in [0.2, 0.25) is 0 Å². The number of hydrogen-bond donors (Lipinski definition) is 1. The summed E-state index contributed by atoms with van der Waals surface area (Å²) in [4.78, 5) is 10.0. The summed E-state index contributed by atoms with van der Waals surface area (Å²) < 4.78 is 0. The van der Waals surface area contributed by atoms with E-state index in [1.165, 1.54) is 50.4 Å². The van der Waals surface area contributed by atoms with Crippen molar-refractivity contribution in [2.45, 2.75) is 19.9 Å². The first kappa shape index (κ1) is 19.8. The average Bonchev–Trinajstić information content (AvgIpc) is 3.27. The number of nitrogens with one attached hydrogen (secondary N) is 1. The minimum Gasteiger partial charge on any atom is -0.316 e. The van der Waals surface area contributed by atoms with Crippen LogP contribution in [-0.2, 0) is 6.54 Å². The predicted molar refractivity (Wildman–Crippen MR) is 112 cm³/mol. The Hall–Kier alpha value is -0.980. The van der Waals surface area contributed by atoms with Crippen molar-refractivity contribution in [2.24, 2.45) is 5.41 Å². The highest BCUT2D eigenvalue weighted by atomic mass is 35.5. The summed E-state index contributed by atoms with van der Waals surface area (Å²) in [5.74, 6) is 0. The lowest BCUT2D eigenvalue weighted by molar-refractivity contribution is 0.0927. The topological polar surface area (TPSA) is 31.4 Å². The molecule has 1 N–H and O–H groups in total. The molecule has 2 aliphatic heterocycles. The Morgan fingerprint density at radius 1 is 1.12 bits per heavy atom. The van der Waals surface area contributed by atoms with Gasteiger partial charge in [0.1, 0.15) is 5.01 Å². The number of aromatic nitrogens is 1. The predicted octanol–water partition coefficient (Wildman–Crippen LogP) is 3.35. The van der Waals surface area contributed by atoms with Crippen molar-refractivity contribution in [3.05, 3.63) is 41.4 Å². The van der Waals surface area contributed by atoms with E-state index in [1.807, 2.05) is 0 Å². The zero-order valence-corrected chi connectivity index (χ0v) is 17.1.